The van der Waals surface area contributed by atoms with Gasteiger partial charge in [0.05, 0.1) is 19.8 Å². The molecule has 0 unspecified atom stereocenters. The first-order valence-electron chi connectivity index (χ1n) is 5.92. The van der Waals surface area contributed by atoms with E-state index in [1.165, 1.54) is 0 Å². The Morgan fingerprint density at radius 1 is 1.33 bits per heavy atom. The molecule has 1 aromatic heterocycles. The summed E-state index contributed by atoms with van der Waals surface area (Å²) in [4.78, 5) is 0. The van der Waals surface area contributed by atoms with Crippen molar-refractivity contribution in [2.75, 3.05) is 19.8 Å². The van der Waals surface area contributed by atoms with Crippen molar-refractivity contribution >= 4 is 22.5 Å². The molecule has 3 N–H and O–H groups in total. The predicted molar refractivity (Wildman–Crippen MR) is 72.7 cm³/mol. The van der Waals surface area contributed by atoms with Crippen LogP contribution in [-0.4, -0.2) is 29.5 Å². The molecule has 18 heavy (non-hydrogen) atoms. The van der Waals surface area contributed by atoms with Gasteiger partial charge in [-0.1, -0.05) is 17.7 Å². The minimum atomic E-state index is 0.0479. The van der Waals surface area contributed by atoms with E-state index in [1.807, 2.05) is 24.4 Å². The summed E-state index contributed by atoms with van der Waals surface area (Å²) in [6.45, 7) is 2.19. The molecule has 0 bridgehead atoms. The number of aliphatic hydroxyl groups is 1. The Bertz CT molecular complexity index is 525. The van der Waals surface area contributed by atoms with Gasteiger partial charge in [0, 0.05) is 35.2 Å². The van der Waals surface area contributed by atoms with Crippen LogP contribution in [0.1, 0.15) is 5.56 Å². The van der Waals surface area contributed by atoms with E-state index in [9.17, 15) is 0 Å². The number of ether oxygens (including phenoxy) is 1. The monoisotopic (exact) mass is 268 g/mol. The zero-order valence-corrected chi connectivity index (χ0v) is 10.9. The number of hydrogen-bond acceptors (Lipinski definition) is 3. The van der Waals surface area contributed by atoms with Crippen LogP contribution < -0.4 is 5.73 Å². The normalized spacial score (nSPS) is 11.3. The minimum absolute atomic E-state index is 0.0479. The predicted octanol–water partition coefficient (Wildman–Crippen LogP) is 1.76. The van der Waals surface area contributed by atoms with Crippen LogP contribution >= 0.6 is 11.6 Å². The number of benzene rings is 1. The van der Waals surface area contributed by atoms with Gasteiger partial charge in [0.2, 0.25) is 0 Å². The van der Waals surface area contributed by atoms with Crippen molar-refractivity contribution in [1.82, 2.24) is 4.57 Å². The van der Waals surface area contributed by atoms with E-state index in [-0.39, 0.29) is 6.61 Å². The van der Waals surface area contributed by atoms with E-state index >= 15 is 0 Å². The molecule has 0 aliphatic rings. The summed E-state index contributed by atoms with van der Waals surface area (Å²) < 4.78 is 7.36. The molecule has 0 saturated heterocycles. The van der Waals surface area contributed by atoms with Crippen LogP contribution in [0.5, 0.6) is 0 Å². The van der Waals surface area contributed by atoms with E-state index < -0.39 is 0 Å². The second-order valence-corrected chi connectivity index (χ2v) is 4.49. The highest BCUT2D eigenvalue weighted by atomic mass is 35.5. The van der Waals surface area contributed by atoms with Gasteiger partial charge in [-0.3, -0.25) is 0 Å². The highest BCUT2D eigenvalue weighted by Crippen LogP contribution is 2.24. The van der Waals surface area contributed by atoms with Crippen molar-refractivity contribution in [3.63, 3.8) is 0 Å². The van der Waals surface area contributed by atoms with Gasteiger partial charge in [0.15, 0.2) is 0 Å². The van der Waals surface area contributed by atoms with Crippen LogP contribution in [-0.2, 0) is 17.8 Å². The van der Waals surface area contributed by atoms with Crippen LogP contribution in [0.25, 0.3) is 10.9 Å². The highest BCUT2D eigenvalue weighted by Gasteiger charge is 2.07. The SMILES string of the molecule is NCc1cn(CCOCCO)c2cc(Cl)ccc12. The van der Waals surface area contributed by atoms with Crippen molar-refractivity contribution < 1.29 is 9.84 Å². The van der Waals surface area contributed by atoms with E-state index in [4.69, 9.17) is 27.2 Å². The molecule has 0 amide bonds. The van der Waals surface area contributed by atoms with Gasteiger partial charge in [0.25, 0.3) is 0 Å². The number of aliphatic hydroxyl groups excluding tert-OH is 1. The third-order valence-corrected chi connectivity index (χ3v) is 3.09. The first-order valence-corrected chi connectivity index (χ1v) is 6.30. The van der Waals surface area contributed by atoms with Crippen LogP contribution in [0.3, 0.4) is 0 Å². The zero-order valence-electron chi connectivity index (χ0n) is 10.1. The van der Waals surface area contributed by atoms with Gasteiger partial charge in [0.1, 0.15) is 0 Å². The van der Waals surface area contributed by atoms with Gasteiger partial charge >= 0.3 is 0 Å². The Kier molecular flexibility index (Phi) is 4.60. The number of nitrogens with zero attached hydrogens (tertiary/aromatic N) is 1. The Morgan fingerprint density at radius 2 is 2.17 bits per heavy atom. The maximum Gasteiger partial charge on any atom is 0.0698 e. The quantitative estimate of drug-likeness (QED) is 0.785. The standard InChI is InChI=1S/C13H17ClN2O2/c14-11-1-2-12-10(8-15)9-16(13(12)7-11)3-5-18-6-4-17/h1-2,7,9,17H,3-6,8,15H2. The lowest BCUT2D eigenvalue weighted by atomic mass is 10.2. The first kappa shape index (κ1) is 13.4. The Morgan fingerprint density at radius 3 is 2.89 bits per heavy atom. The highest BCUT2D eigenvalue weighted by molar-refractivity contribution is 6.31. The molecular weight excluding hydrogens is 252 g/mol. The molecule has 2 aromatic rings. The fourth-order valence-corrected chi connectivity index (χ4v) is 2.18. The Hall–Kier alpha value is -1.07. The summed E-state index contributed by atoms with van der Waals surface area (Å²) in [5.41, 5.74) is 7.90. The van der Waals surface area contributed by atoms with Crippen molar-refractivity contribution in [2.24, 2.45) is 5.73 Å². The van der Waals surface area contributed by atoms with E-state index in [1.54, 1.807) is 0 Å². The molecule has 1 aromatic carbocycles. The van der Waals surface area contributed by atoms with Gasteiger partial charge in [-0.05, 0) is 17.7 Å². The van der Waals surface area contributed by atoms with Crippen molar-refractivity contribution in [2.45, 2.75) is 13.1 Å². The molecule has 1 heterocycles. The van der Waals surface area contributed by atoms with E-state index in [0.717, 1.165) is 23.0 Å². The molecule has 0 fully saturated rings. The van der Waals surface area contributed by atoms with Gasteiger partial charge in [-0.2, -0.15) is 0 Å². The Balaban J connectivity index is 2.23. The number of fused-ring (bicyclic) bond motifs is 1. The summed E-state index contributed by atoms with van der Waals surface area (Å²) >= 11 is 6.02. The zero-order chi connectivity index (χ0) is 13.0. The lowest BCUT2D eigenvalue weighted by Gasteiger charge is -2.06. The van der Waals surface area contributed by atoms with Crippen molar-refractivity contribution in [3.05, 3.63) is 35.0 Å². The largest absolute Gasteiger partial charge is 0.394 e. The average Bonchev–Trinajstić information content (AvgIpc) is 2.72. The molecular formula is C13H17ClN2O2. The molecule has 0 radical (unpaired) electrons. The first-order chi connectivity index (χ1) is 8.76. The van der Waals surface area contributed by atoms with Gasteiger partial charge < -0.3 is 20.1 Å². The van der Waals surface area contributed by atoms with E-state index in [2.05, 4.69) is 4.57 Å². The van der Waals surface area contributed by atoms with Crippen molar-refractivity contribution in [1.29, 1.82) is 0 Å². The summed E-state index contributed by atoms with van der Waals surface area (Å²) in [7, 11) is 0. The number of rotatable bonds is 6. The molecule has 5 heteroatoms. The van der Waals surface area contributed by atoms with Crippen LogP contribution in [0.2, 0.25) is 5.02 Å². The average molecular weight is 269 g/mol. The van der Waals surface area contributed by atoms with Crippen LogP contribution in [0, 0.1) is 0 Å². The molecule has 0 aliphatic heterocycles. The second kappa shape index (κ2) is 6.20. The van der Waals surface area contributed by atoms with Gasteiger partial charge in [-0.15, -0.1) is 0 Å². The molecule has 0 aliphatic carbocycles. The summed E-state index contributed by atoms with van der Waals surface area (Å²) in [5, 5.41) is 10.5. The summed E-state index contributed by atoms with van der Waals surface area (Å²) in [6, 6.07) is 5.79. The fourth-order valence-electron chi connectivity index (χ4n) is 2.02. The minimum Gasteiger partial charge on any atom is -0.394 e. The lowest BCUT2D eigenvalue weighted by Crippen LogP contribution is -2.07. The van der Waals surface area contributed by atoms with Crippen LogP contribution in [0.4, 0.5) is 0 Å². The smallest absolute Gasteiger partial charge is 0.0698 e. The van der Waals surface area contributed by atoms with E-state index in [0.29, 0.717) is 24.8 Å². The lowest BCUT2D eigenvalue weighted by molar-refractivity contribution is 0.0875. The van der Waals surface area contributed by atoms with Gasteiger partial charge in [-0.25, -0.2) is 0 Å². The maximum atomic E-state index is 8.65. The van der Waals surface area contributed by atoms with Crippen LogP contribution in [0.15, 0.2) is 24.4 Å². The number of aromatic nitrogens is 1. The summed E-state index contributed by atoms with van der Waals surface area (Å²) in [5.74, 6) is 0. The second-order valence-electron chi connectivity index (χ2n) is 4.05. The molecule has 4 nitrogen and oxygen atoms in total. The number of hydrogen-bond donors (Lipinski definition) is 2. The third kappa shape index (κ3) is 2.84. The molecule has 0 atom stereocenters. The molecule has 0 spiro atoms. The molecule has 0 saturated carbocycles. The topological polar surface area (TPSA) is 60.4 Å². The molecule has 98 valence electrons. The number of halogens is 1. The van der Waals surface area contributed by atoms with Crippen molar-refractivity contribution in [3.8, 4) is 0 Å². The number of nitrogens with two attached hydrogens (primary N) is 1. The fraction of sp³-hybridized carbons (Fsp3) is 0.385. The maximum absolute atomic E-state index is 8.65. The third-order valence-electron chi connectivity index (χ3n) is 2.86. The molecule has 2 rings (SSSR count). The Labute approximate surface area is 111 Å². The summed E-state index contributed by atoms with van der Waals surface area (Å²) in [6.07, 6.45) is 2.03.